The van der Waals surface area contributed by atoms with E-state index < -0.39 is 12.2 Å². The normalized spacial score (nSPS) is 9.60. The van der Waals surface area contributed by atoms with Crippen LogP contribution in [0.15, 0.2) is 54.6 Å². The minimum Gasteiger partial charge on any atom is -0.512 e. The van der Waals surface area contributed by atoms with Crippen LogP contribution in [-0.4, -0.2) is 12.2 Å². The predicted octanol–water partition coefficient (Wildman–Crippen LogP) is 2.02. The summed E-state index contributed by atoms with van der Waals surface area (Å²) in [5.74, 6) is 0.320. The Kier molecular flexibility index (Phi) is 4.18. The van der Waals surface area contributed by atoms with Gasteiger partial charge in [0.05, 0.1) is 11.4 Å². The average molecular weight is 272 g/mol. The first-order valence-electron chi connectivity index (χ1n) is 5.67. The van der Waals surface area contributed by atoms with Crippen molar-refractivity contribution in [2.24, 2.45) is 0 Å². The van der Waals surface area contributed by atoms with E-state index in [-0.39, 0.29) is 11.4 Å². The zero-order valence-electron chi connectivity index (χ0n) is 10.2. The van der Waals surface area contributed by atoms with Crippen LogP contribution in [0.2, 0.25) is 0 Å². The summed E-state index contributed by atoms with van der Waals surface area (Å²) in [5, 5.41) is 12.8. The molecule has 0 saturated heterocycles. The van der Waals surface area contributed by atoms with Crippen LogP contribution in [0.25, 0.3) is 0 Å². The number of hydrogen-bond donors (Lipinski definition) is 1. The largest absolute Gasteiger partial charge is 0.512 e. The number of benzene rings is 2. The van der Waals surface area contributed by atoms with Crippen molar-refractivity contribution >= 4 is 17.9 Å². The average Bonchev–Trinajstić information content (AvgIpc) is 2.41. The molecule has 0 unspecified atom stereocenters. The van der Waals surface area contributed by atoms with Gasteiger partial charge in [0.1, 0.15) is 5.75 Å². The molecule has 0 aromatic heterocycles. The third-order valence-corrected chi connectivity index (χ3v) is 2.27. The maximum absolute atomic E-state index is 11.7. The Labute approximate surface area is 114 Å². The minimum atomic E-state index is -1.71. The van der Waals surface area contributed by atoms with Crippen LogP contribution in [0.4, 0.5) is 15.3 Å². The van der Waals surface area contributed by atoms with Crippen LogP contribution in [0.1, 0.15) is 0 Å². The first kappa shape index (κ1) is 13.4. The molecule has 1 N–H and O–H groups in total. The van der Waals surface area contributed by atoms with E-state index in [1.165, 1.54) is 12.1 Å². The van der Waals surface area contributed by atoms with Gasteiger partial charge in [0.15, 0.2) is 0 Å². The van der Waals surface area contributed by atoms with Gasteiger partial charge in [0, 0.05) is 0 Å². The van der Waals surface area contributed by atoms with E-state index in [1.54, 1.807) is 42.5 Å². The number of anilines is 1. The van der Waals surface area contributed by atoms with Crippen LogP contribution in [0.5, 0.6) is 11.5 Å². The Morgan fingerprint density at radius 3 is 2.25 bits per heavy atom. The summed E-state index contributed by atoms with van der Waals surface area (Å²) in [6, 6.07) is 14.5. The molecule has 0 bridgehead atoms. The second kappa shape index (κ2) is 6.24. The number of carbonyl (C=O) groups excluding carboxylic acids is 2. The third kappa shape index (κ3) is 3.74. The second-order valence-corrected chi connectivity index (χ2v) is 3.68. The molecule has 6 heteroatoms. The summed E-state index contributed by atoms with van der Waals surface area (Å²) in [5.41, 5.74) is 0.164. The van der Waals surface area contributed by atoms with E-state index in [0.717, 1.165) is 0 Å². The predicted molar refractivity (Wildman–Crippen MR) is 68.6 cm³/mol. The summed E-state index contributed by atoms with van der Waals surface area (Å²) >= 11 is 0. The lowest BCUT2D eigenvalue weighted by Crippen LogP contribution is -2.27. The highest BCUT2D eigenvalue weighted by Crippen LogP contribution is 2.24. The van der Waals surface area contributed by atoms with E-state index in [2.05, 4.69) is 10.1 Å². The van der Waals surface area contributed by atoms with Crippen LogP contribution >= 0.6 is 0 Å². The van der Waals surface area contributed by atoms with Crippen molar-refractivity contribution in [1.29, 1.82) is 0 Å². The summed E-state index contributed by atoms with van der Waals surface area (Å²) < 4.78 is 9.44. The SMILES string of the molecule is O=C([O-])Oc1ccccc1NC(=O)Oc1ccccc1. The Morgan fingerprint density at radius 2 is 1.55 bits per heavy atom. The Bertz CT molecular complexity index is 612. The van der Waals surface area contributed by atoms with Crippen molar-refractivity contribution in [2.45, 2.75) is 0 Å². The maximum atomic E-state index is 11.7. The standard InChI is InChI=1S/C14H11NO5/c16-13(19-10-6-2-1-3-7-10)15-11-8-4-5-9-12(11)20-14(17)18/h1-9H,(H,15,16)(H,17,18)/p-1. The molecule has 20 heavy (non-hydrogen) atoms. The Hall–Kier alpha value is -3.02. The molecular formula is C14H10NO5-. The molecule has 1 amide bonds. The number of amides is 1. The number of carbonyl (C=O) groups is 2. The van der Waals surface area contributed by atoms with Crippen LogP contribution in [0.3, 0.4) is 0 Å². The summed E-state index contributed by atoms with van der Waals surface area (Å²) in [4.78, 5) is 22.1. The van der Waals surface area contributed by atoms with E-state index >= 15 is 0 Å². The lowest BCUT2D eigenvalue weighted by atomic mass is 10.3. The highest BCUT2D eigenvalue weighted by atomic mass is 16.7. The topological polar surface area (TPSA) is 87.7 Å². The van der Waals surface area contributed by atoms with Crippen molar-refractivity contribution in [1.82, 2.24) is 0 Å². The van der Waals surface area contributed by atoms with Crippen molar-refractivity contribution in [3.8, 4) is 11.5 Å². The van der Waals surface area contributed by atoms with Crippen molar-refractivity contribution in [2.75, 3.05) is 5.32 Å². The molecule has 0 aliphatic carbocycles. The fourth-order valence-electron chi connectivity index (χ4n) is 1.48. The van der Waals surface area contributed by atoms with Crippen LogP contribution in [-0.2, 0) is 0 Å². The van der Waals surface area contributed by atoms with Crippen LogP contribution < -0.4 is 19.9 Å². The highest BCUT2D eigenvalue weighted by Gasteiger charge is 2.08. The number of para-hydroxylation sites is 3. The molecule has 0 atom stereocenters. The van der Waals surface area contributed by atoms with Gasteiger partial charge in [-0.2, -0.15) is 0 Å². The lowest BCUT2D eigenvalue weighted by molar-refractivity contribution is -0.271. The summed E-state index contributed by atoms with van der Waals surface area (Å²) in [7, 11) is 0. The molecule has 102 valence electrons. The molecular weight excluding hydrogens is 262 g/mol. The summed E-state index contributed by atoms with van der Waals surface area (Å²) in [6.45, 7) is 0. The van der Waals surface area contributed by atoms with Gasteiger partial charge in [0.2, 0.25) is 0 Å². The summed E-state index contributed by atoms with van der Waals surface area (Å²) in [6.07, 6.45) is -2.47. The number of hydrogen-bond acceptors (Lipinski definition) is 5. The molecule has 0 aliphatic heterocycles. The first-order chi connectivity index (χ1) is 9.65. The van der Waals surface area contributed by atoms with Gasteiger partial charge in [-0.3, -0.25) is 5.32 Å². The van der Waals surface area contributed by atoms with Crippen LogP contribution in [0, 0.1) is 0 Å². The maximum Gasteiger partial charge on any atom is 0.417 e. The molecule has 2 aromatic carbocycles. The zero-order chi connectivity index (χ0) is 14.4. The van der Waals surface area contributed by atoms with Crippen molar-refractivity contribution < 1.29 is 24.2 Å². The van der Waals surface area contributed by atoms with Gasteiger partial charge in [-0.1, -0.05) is 30.3 Å². The number of nitrogens with one attached hydrogen (secondary N) is 1. The molecule has 0 aliphatic rings. The Balaban J connectivity index is 2.06. The van der Waals surface area contributed by atoms with E-state index in [0.29, 0.717) is 5.75 Å². The molecule has 0 radical (unpaired) electrons. The van der Waals surface area contributed by atoms with Crippen molar-refractivity contribution in [3.05, 3.63) is 54.6 Å². The van der Waals surface area contributed by atoms with Gasteiger partial charge in [-0.25, -0.2) is 4.79 Å². The van der Waals surface area contributed by atoms with Gasteiger partial charge in [-0.15, -0.1) is 0 Å². The molecule has 2 aromatic rings. The molecule has 0 spiro atoms. The lowest BCUT2D eigenvalue weighted by Gasteiger charge is -2.14. The molecule has 0 saturated carbocycles. The second-order valence-electron chi connectivity index (χ2n) is 3.68. The fraction of sp³-hybridized carbons (Fsp3) is 0. The monoisotopic (exact) mass is 272 g/mol. The molecule has 2 rings (SSSR count). The number of carboxylic acid groups (broad SMARTS) is 1. The van der Waals surface area contributed by atoms with E-state index in [1.807, 2.05) is 0 Å². The fourth-order valence-corrected chi connectivity index (χ4v) is 1.48. The minimum absolute atomic E-state index is 0.0440. The quantitative estimate of drug-likeness (QED) is 0.682. The van der Waals surface area contributed by atoms with Gasteiger partial charge >= 0.3 is 6.09 Å². The number of rotatable bonds is 3. The molecule has 0 fully saturated rings. The zero-order valence-corrected chi connectivity index (χ0v) is 10.2. The number of ether oxygens (including phenoxy) is 2. The molecule has 0 heterocycles. The van der Waals surface area contributed by atoms with E-state index in [4.69, 9.17) is 4.74 Å². The van der Waals surface area contributed by atoms with Gasteiger partial charge in [0.25, 0.3) is 6.16 Å². The first-order valence-corrected chi connectivity index (χ1v) is 5.67. The Morgan fingerprint density at radius 1 is 0.900 bits per heavy atom. The third-order valence-electron chi connectivity index (χ3n) is 2.27. The van der Waals surface area contributed by atoms with Gasteiger partial charge in [-0.05, 0) is 24.3 Å². The van der Waals surface area contributed by atoms with Gasteiger partial charge < -0.3 is 19.4 Å². The van der Waals surface area contributed by atoms with E-state index in [9.17, 15) is 14.7 Å². The smallest absolute Gasteiger partial charge is 0.417 e. The van der Waals surface area contributed by atoms with Crippen molar-refractivity contribution in [3.63, 3.8) is 0 Å². The molecule has 6 nitrogen and oxygen atoms in total. The highest BCUT2D eigenvalue weighted by molar-refractivity contribution is 5.88.